The van der Waals surface area contributed by atoms with Gasteiger partial charge in [0.1, 0.15) is 5.78 Å². The molecule has 0 bridgehead atoms. The van der Waals surface area contributed by atoms with Crippen molar-refractivity contribution in [3.8, 4) is 0 Å². The van der Waals surface area contributed by atoms with Crippen LogP contribution >= 0.6 is 11.6 Å². The molecule has 0 saturated heterocycles. The highest BCUT2D eigenvalue weighted by Gasteiger charge is 2.23. The van der Waals surface area contributed by atoms with Crippen LogP contribution in [-0.4, -0.2) is 23.8 Å². The Balaban J connectivity index is 1.99. The van der Waals surface area contributed by atoms with E-state index in [2.05, 4.69) is 11.9 Å². The zero-order chi connectivity index (χ0) is 12.3. The first-order chi connectivity index (χ1) is 8.16. The lowest BCUT2D eigenvalue weighted by atomic mass is 9.93. The third-order valence-corrected chi connectivity index (χ3v) is 3.83. The maximum absolute atomic E-state index is 11.4. The quantitative estimate of drug-likeness (QED) is 0.822. The van der Waals surface area contributed by atoms with E-state index in [1.807, 2.05) is 24.3 Å². The molecule has 1 aliphatic rings. The van der Waals surface area contributed by atoms with Gasteiger partial charge >= 0.3 is 0 Å². The van der Waals surface area contributed by atoms with Gasteiger partial charge in [-0.2, -0.15) is 0 Å². The number of rotatable bonds is 3. The standard InChI is InChI=1S/C14H18ClNO/c1-16(12-6-4-7-13(17)9-12)10-11-5-2-3-8-14(11)15/h2-3,5,8,12H,4,6-7,9-10H2,1H3. The number of benzene rings is 1. The van der Waals surface area contributed by atoms with Crippen LogP contribution in [0.2, 0.25) is 5.02 Å². The van der Waals surface area contributed by atoms with Crippen molar-refractivity contribution in [1.29, 1.82) is 0 Å². The van der Waals surface area contributed by atoms with Gasteiger partial charge in [0, 0.05) is 30.5 Å². The highest BCUT2D eigenvalue weighted by Crippen LogP contribution is 2.23. The molecular formula is C14H18ClNO. The zero-order valence-electron chi connectivity index (χ0n) is 10.2. The number of halogens is 1. The Morgan fingerprint density at radius 3 is 2.88 bits per heavy atom. The molecule has 92 valence electrons. The predicted molar refractivity (Wildman–Crippen MR) is 70.2 cm³/mol. The summed E-state index contributed by atoms with van der Waals surface area (Å²) < 4.78 is 0. The lowest BCUT2D eigenvalue weighted by Gasteiger charge is -2.30. The first-order valence-electron chi connectivity index (χ1n) is 6.12. The molecule has 1 aromatic carbocycles. The molecule has 17 heavy (non-hydrogen) atoms. The summed E-state index contributed by atoms with van der Waals surface area (Å²) in [5, 5.41) is 0.807. The Morgan fingerprint density at radius 1 is 1.41 bits per heavy atom. The molecule has 1 aliphatic carbocycles. The van der Waals surface area contributed by atoms with Crippen molar-refractivity contribution >= 4 is 17.4 Å². The zero-order valence-corrected chi connectivity index (χ0v) is 10.9. The van der Waals surface area contributed by atoms with E-state index < -0.39 is 0 Å². The van der Waals surface area contributed by atoms with Gasteiger partial charge in [-0.3, -0.25) is 9.69 Å². The SMILES string of the molecule is CN(Cc1ccccc1Cl)C1CCCC(=O)C1. The van der Waals surface area contributed by atoms with Gasteiger partial charge in [-0.05, 0) is 31.5 Å². The van der Waals surface area contributed by atoms with E-state index in [9.17, 15) is 4.79 Å². The van der Waals surface area contributed by atoms with Crippen LogP contribution in [0.25, 0.3) is 0 Å². The van der Waals surface area contributed by atoms with Crippen molar-refractivity contribution in [3.05, 3.63) is 34.9 Å². The van der Waals surface area contributed by atoms with Crippen LogP contribution in [0, 0.1) is 0 Å². The van der Waals surface area contributed by atoms with Gasteiger partial charge in [0.25, 0.3) is 0 Å². The summed E-state index contributed by atoms with van der Waals surface area (Å²) in [7, 11) is 2.08. The molecule has 2 nitrogen and oxygen atoms in total. The van der Waals surface area contributed by atoms with E-state index >= 15 is 0 Å². The second-order valence-electron chi connectivity index (χ2n) is 4.80. The van der Waals surface area contributed by atoms with Crippen LogP contribution in [-0.2, 0) is 11.3 Å². The molecule has 2 rings (SSSR count). The second-order valence-corrected chi connectivity index (χ2v) is 5.20. The molecule has 0 aliphatic heterocycles. The van der Waals surface area contributed by atoms with Crippen molar-refractivity contribution in [3.63, 3.8) is 0 Å². The van der Waals surface area contributed by atoms with E-state index in [0.717, 1.165) is 36.4 Å². The summed E-state index contributed by atoms with van der Waals surface area (Å²) in [4.78, 5) is 13.7. The van der Waals surface area contributed by atoms with Crippen molar-refractivity contribution in [2.45, 2.75) is 38.3 Å². The van der Waals surface area contributed by atoms with Gasteiger partial charge in [-0.25, -0.2) is 0 Å². The van der Waals surface area contributed by atoms with Gasteiger partial charge in [-0.15, -0.1) is 0 Å². The first kappa shape index (κ1) is 12.6. The topological polar surface area (TPSA) is 20.3 Å². The Labute approximate surface area is 108 Å². The number of carbonyl (C=O) groups excluding carboxylic acids is 1. The van der Waals surface area contributed by atoms with Gasteiger partial charge in [0.2, 0.25) is 0 Å². The average Bonchev–Trinajstić information content (AvgIpc) is 2.32. The van der Waals surface area contributed by atoms with Crippen LogP contribution in [0.5, 0.6) is 0 Å². The molecule has 1 saturated carbocycles. The molecule has 1 atom stereocenters. The van der Waals surface area contributed by atoms with E-state index in [0.29, 0.717) is 18.2 Å². The number of Topliss-reactive ketones (excluding diaryl/α,β-unsaturated/α-hetero) is 1. The normalized spacial score (nSPS) is 20.9. The fourth-order valence-electron chi connectivity index (χ4n) is 2.40. The summed E-state index contributed by atoms with van der Waals surface area (Å²) in [6.07, 6.45) is 3.60. The van der Waals surface area contributed by atoms with Crippen LogP contribution in [0.1, 0.15) is 31.2 Å². The Hall–Kier alpha value is -0.860. The van der Waals surface area contributed by atoms with Gasteiger partial charge in [-0.1, -0.05) is 29.8 Å². The van der Waals surface area contributed by atoms with Gasteiger partial charge in [0.05, 0.1) is 0 Å². The fraction of sp³-hybridized carbons (Fsp3) is 0.500. The smallest absolute Gasteiger partial charge is 0.134 e. The first-order valence-corrected chi connectivity index (χ1v) is 6.50. The van der Waals surface area contributed by atoms with E-state index in [1.165, 1.54) is 0 Å². The fourth-order valence-corrected chi connectivity index (χ4v) is 2.60. The van der Waals surface area contributed by atoms with Crippen molar-refractivity contribution in [1.82, 2.24) is 4.90 Å². The molecule has 0 aromatic heterocycles. The third kappa shape index (κ3) is 3.30. The number of hydrogen-bond donors (Lipinski definition) is 0. The summed E-state index contributed by atoms with van der Waals surface area (Å²) >= 11 is 6.14. The predicted octanol–water partition coefficient (Wildman–Crippen LogP) is 3.28. The van der Waals surface area contributed by atoms with Crippen LogP contribution in [0.15, 0.2) is 24.3 Å². The lowest BCUT2D eigenvalue weighted by molar-refractivity contribution is -0.121. The van der Waals surface area contributed by atoms with E-state index in [1.54, 1.807) is 0 Å². The minimum Gasteiger partial charge on any atom is -0.300 e. The summed E-state index contributed by atoms with van der Waals surface area (Å²) in [5.74, 6) is 0.396. The number of nitrogens with zero attached hydrogens (tertiary/aromatic N) is 1. The summed E-state index contributed by atoms with van der Waals surface area (Å²) in [5.41, 5.74) is 1.13. The Morgan fingerprint density at radius 2 is 2.18 bits per heavy atom. The lowest BCUT2D eigenvalue weighted by Crippen LogP contribution is -2.35. The summed E-state index contributed by atoms with van der Waals surface area (Å²) in [6, 6.07) is 8.28. The molecule has 3 heteroatoms. The Kier molecular flexibility index (Phi) is 4.19. The van der Waals surface area contributed by atoms with Gasteiger partial charge < -0.3 is 0 Å². The van der Waals surface area contributed by atoms with Crippen LogP contribution in [0.4, 0.5) is 0 Å². The van der Waals surface area contributed by atoms with E-state index in [-0.39, 0.29) is 0 Å². The molecule has 0 N–H and O–H groups in total. The summed E-state index contributed by atoms with van der Waals surface area (Å²) in [6.45, 7) is 0.817. The Bertz CT molecular complexity index is 405. The van der Waals surface area contributed by atoms with Crippen molar-refractivity contribution in [2.75, 3.05) is 7.05 Å². The number of ketones is 1. The van der Waals surface area contributed by atoms with Crippen LogP contribution < -0.4 is 0 Å². The average molecular weight is 252 g/mol. The molecule has 0 spiro atoms. The van der Waals surface area contributed by atoms with Crippen molar-refractivity contribution < 1.29 is 4.79 Å². The largest absolute Gasteiger partial charge is 0.300 e. The van der Waals surface area contributed by atoms with Gasteiger partial charge in [0.15, 0.2) is 0 Å². The monoisotopic (exact) mass is 251 g/mol. The van der Waals surface area contributed by atoms with Crippen molar-refractivity contribution in [2.24, 2.45) is 0 Å². The maximum atomic E-state index is 11.4. The van der Waals surface area contributed by atoms with E-state index in [4.69, 9.17) is 11.6 Å². The minimum atomic E-state index is 0.382. The molecule has 0 heterocycles. The molecule has 1 unspecified atom stereocenters. The highest BCUT2D eigenvalue weighted by atomic mass is 35.5. The molecule has 0 amide bonds. The minimum absolute atomic E-state index is 0.382. The highest BCUT2D eigenvalue weighted by molar-refractivity contribution is 6.31. The molecular weight excluding hydrogens is 234 g/mol. The molecule has 0 radical (unpaired) electrons. The molecule has 1 aromatic rings. The second kappa shape index (κ2) is 5.65. The number of hydrogen-bond acceptors (Lipinski definition) is 2. The van der Waals surface area contributed by atoms with Crippen LogP contribution in [0.3, 0.4) is 0 Å². The molecule has 1 fully saturated rings. The number of carbonyl (C=O) groups is 1. The third-order valence-electron chi connectivity index (χ3n) is 3.46. The maximum Gasteiger partial charge on any atom is 0.134 e.